The maximum Gasteiger partial charge on any atom is 0.267 e. The summed E-state index contributed by atoms with van der Waals surface area (Å²) in [6, 6.07) is 15.9. The Hall–Kier alpha value is -2.99. The van der Waals surface area contributed by atoms with Crippen LogP contribution in [0.15, 0.2) is 59.4 Å². The Kier molecular flexibility index (Phi) is 5.71. The third kappa shape index (κ3) is 4.54. The predicted molar refractivity (Wildman–Crippen MR) is 115 cm³/mol. The molecule has 6 heteroatoms. The third-order valence-corrected chi connectivity index (χ3v) is 5.41. The molecule has 3 aromatic rings. The van der Waals surface area contributed by atoms with E-state index in [1.54, 1.807) is 21.5 Å². The quantitative estimate of drug-likeness (QED) is 0.671. The predicted octanol–water partition coefficient (Wildman–Crippen LogP) is 3.40. The van der Waals surface area contributed by atoms with Gasteiger partial charge in [-0.3, -0.25) is 9.69 Å². The number of nitrogens with zero attached hydrogens (tertiary/aromatic N) is 5. The minimum absolute atomic E-state index is 0.0438. The Bertz CT molecular complexity index is 1040. The van der Waals surface area contributed by atoms with Gasteiger partial charge in [0.15, 0.2) is 5.82 Å². The second kappa shape index (κ2) is 8.57. The zero-order valence-corrected chi connectivity index (χ0v) is 17.0. The van der Waals surface area contributed by atoms with Gasteiger partial charge in [0.25, 0.3) is 5.56 Å². The number of likely N-dealkylation sites (tertiary alicyclic amines) is 1. The zero-order valence-electron chi connectivity index (χ0n) is 17.0. The minimum Gasteiger partial charge on any atom is -0.300 e. The maximum atomic E-state index is 12.4. The van der Waals surface area contributed by atoms with Crippen molar-refractivity contribution in [1.82, 2.24) is 24.5 Å². The zero-order chi connectivity index (χ0) is 20.2. The standard InChI is InChI=1S/C23H27N5O/c1-18-17-19(2)27(24-18)22-10-11-23(29)28(25-22)21-12-15-26(16-13-21)14-6-9-20-7-4-3-5-8-20/h3-11,17,21H,12-16H2,1-2H3/b9-6+. The highest BCUT2D eigenvalue weighted by Crippen LogP contribution is 2.21. The molecule has 0 bridgehead atoms. The number of piperidine rings is 1. The van der Waals surface area contributed by atoms with E-state index in [2.05, 4.69) is 51.5 Å². The second-order valence-electron chi connectivity index (χ2n) is 7.66. The van der Waals surface area contributed by atoms with Crippen molar-refractivity contribution in [2.45, 2.75) is 32.7 Å². The van der Waals surface area contributed by atoms with E-state index < -0.39 is 0 Å². The van der Waals surface area contributed by atoms with Crippen molar-refractivity contribution < 1.29 is 0 Å². The van der Waals surface area contributed by atoms with Crippen LogP contribution in [0, 0.1) is 13.8 Å². The molecule has 0 spiro atoms. The molecule has 29 heavy (non-hydrogen) atoms. The largest absolute Gasteiger partial charge is 0.300 e. The maximum absolute atomic E-state index is 12.4. The molecule has 1 aliphatic rings. The van der Waals surface area contributed by atoms with Crippen molar-refractivity contribution in [3.63, 3.8) is 0 Å². The van der Waals surface area contributed by atoms with E-state index in [0.717, 1.165) is 43.9 Å². The van der Waals surface area contributed by atoms with Crippen molar-refractivity contribution >= 4 is 6.08 Å². The van der Waals surface area contributed by atoms with Crippen LogP contribution in [-0.4, -0.2) is 44.1 Å². The number of aromatic nitrogens is 4. The number of hydrogen-bond acceptors (Lipinski definition) is 4. The molecule has 6 nitrogen and oxygen atoms in total. The van der Waals surface area contributed by atoms with E-state index in [4.69, 9.17) is 0 Å². The molecule has 1 aromatic carbocycles. The molecule has 2 aromatic heterocycles. The normalized spacial score (nSPS) is 15.9. The minimum atomic E-state index is -0.0438. The van der Waals surface area contributed by atoms with Crippen LogP contribution in [-0.2, 0) is 0 Å². The topological polar surface area (TPSA) is 56.0 Å². The van der Waals surface area contributed by atoms with Gasteiger partial charge in [-0.15, -0.1) is 5.10 Å². The Balaban J connectivity index is 1.41. The monoisotopic (exact) mass is 389 g/mol. The van der Waals surface area contributed by atoms with Gasteiger partial charge in [-0.2, -0.15) is 5.10 Å². The Morgan fingerprint density at radius 3 is 2.48 bits per heavy atom. The van der Waals surface area contributed by atoms with Gasteiger partial charge < -0.3 is 0 Å². The Morgan fingerprint density at radius 1 is 1.03 bits per heavy atom. The summed E-state index contributed by atoms with van der Waals surface area (Å²) in [4.78, 5) is 14.9. The summed E-state index contributed by atoms with van der Waals surface area (Å²) in [7, 11) is 0. The van der Waals surface area contributed by atoms with E-state index in [-0.39, 0.29) is 11.6 Å². The van der Waals surface area contributed by atoms with Crippen LogP contribution in [0.4, 0.5) is 0 Å². The summed E-state index contributed by atoms with van der Waals surface area (Å²) >= 11 is 0. The van der Waals surface area contributed by atoms with Crippen LogP contribution in [0.5, 0.6) is 0 Å². The average Bonchev–Trinajstić information content (AvgIpc) is 3.08. The molecule has 1 saturated heterocycles. The van der Waals surface area contributed by atoms with E-state index in [0.29, 0.717) is 5.82 Å². The van der Waals surface area contributed by atoms with Crippen LogP contribution >= 0.6 is 0 Å². The molecule has 0 amide bonds. The number of benzene rings is 1. The molecule has 1 aliphatic heterocycles. The van der Waals surface area contributed by atoms with Gasteiger partial charge in [-0.25, -0.2) is 9.36 Å². The van der Waals surface area contributed by atoms with E-state index >= 15 is 0 Å². The molecule has 3 heterocycles. The smallest absolute Gasteiger partial charge is 0.267 e. The molecule has 0 saturated carbocycles. The van der Waals surface area contributed by atoms with Gasteiger partial charge in [-0.1, -0.05) is 42.5 Å². The summed E-state index contributed by atoms with van der Waals surface area (Å²) in [5.41, 5.74) is 3.14. The first-order chi connectivity index (χ1) is 14.1. The number of hydrogen-bond donors (Lipinski definition) is 0. The van der Waals surface area contributed by atoms with Gasteiger partial charge in [0.05, 0.1) is 11.7 Å². The van der Waals surface area contributed by atoms with Gasteiger partial charge in [0.1, 0.15) is 0 Å². The summed E-state index contributed by atoms with van der Waals surface area (Å²) in [6.45, 7) is 6.81. The van der Waals surface area contributed by atoms with Crippen molar-refractivity contribution in [3.05, 3.63) is 81.9 Å². The van der Waals surface area contributed by atoms with Gasteiger partial charge >= 0.3 is 0 Å². The SMILES string of the molecule is Cc1cc(C)n(-c2ccc(=O)n(C3CCN(C/C=C/c4ccccc4)CC3)n2)n1. The van der Waals surface area contributed by atoms with Crippen LogP contribution in [0.25, 0.3) is 11.9 Å². The first-order valence-corrected chi connectivity index (χ1v) is 10.2. The van der Waals surface area contributed by atoms with E-state index in [9.17, 15) is 4.79 Å². The van der Waals surface area contributed by atoms with Gasteiger partial charge in [-0.05, 0) is 44.4 Å². The van der Waals surface area contributed by atoms with Crippen LogP contribution in [0.3, 0.4) is 0 Å². The average molecular weight is 390 g/mol. The highest BCUT2D eigenvalue weighted by Gasteiger charge is 2.22. The summed E-state index contributed by atoms with van der Waals surface area (Å²) in [6.07, 6.45) is 6.22. The molecule has 0 N–H and O–H groups in total. The highest BCUT2D eigenvalue weighted by molar-refractivity contribution is 5.48. The van der Waals surface area contributed by atoms with Crippen LogP contribution < -0.4 is 5.56 Å². The molecular weight excluding hydrogens is 362 g/mol. The third-order valence-electron chi connectivity index (χ3n) is 5.41. The highest BCUT2D eigenvalue weighted by atomic mass is 16.1. The van der Waals surface area contributed by atoms with Crippen molar-refractivity contribution in [3.8, 4) is 5.82 Å². The summed E-state index contributed by atoms with van der Waals surface area (Å²) in [5.74, 6) is 0.698. The van der Waals surface area contributed by atoms with Crippen molar-refractivity contribution in [2.24, 2.45) is 0 Å². The number of rotatable bonds is 5. The lowest BCUT2D eigenvalue weighted by Gasteiger charge is -2.31. The molecule has 150 valence electrons. The van der Waals surface area contributed by atoms with Crippen LogP contribution in [0.1, 0.15) is 35.8 Å². The Labute approximate surface area is 171 Å². The molecular formula is C23H27N5O. The molecule has 0 radical (unpaired) electrons. The first-order valence-electron chi connectivity index (χ1n) is 10.2. The second-order valence-corrected chi connectivity index (χ2v) is 7.66. The van der Waals surface area contributed by atoms with E-state index in [1.807, 2.05) is 26.0 Å². The Morgan fingerprint density at radius 2 is 1.79 bits per heavy atom. The van der Waals surface area contributed by atoms with E-state index in [1.165, 1.54) is 5.56 Å². The summed E-state index contributed by atoms with van der Waals surface area (Å²) < 4.78 is 3.46. The van der Waals surface area contributed by atoms with Crippen LogP contribution in [0.2, 0.25) is 0 Å². The molecule has 0 unspecified atom stereocenters. The van der Waals surface area contributed by atoms with Crippen molar-refractivity contribution in [2.75, 3.05) is 19.6 Å². The molecule has 0 aliphatic carbocycles. The molecule has 0 atom stereocenters. The van der Waals surface area contributed by atoms with Crippen molar-refractivity contribution in [1.29, 1.82) is 0 Å². The molecule has 4 rings (SSSR count). The first kappa shape index (κ1) is 19.3. The lowest BCUT2D eigenvalue weighted by atomic mass is 10.1. The van der Waals surface area contributed by atoms with Gasteiger partial charge in [0, 0.05) is 31.4 Å². The van der Waals surface area contributed by atoms with Gasteiger partial charge in [0.2, 0.25) is 0 Å². The number of aryl methyl sites for hydroxylation is 2. The fourth-order valence-electron chi connectivity index (χ4n) is 3.90. The molecule has 1 fully saturated rings. The lowest BCUT2D eigenvalue weighted by Crippen LogP contribution is -2.38. The summed E-state index contributed by atoms with van der Waals surface area (Å²) in [5, 5.41) is 9.13. The lowest BCUT2D eigenvalue weighted by molar-refractivity contribution is 0.191. The fourth-order valence-corrected chi connectivity index (χ4v) is 3.90. The fraction of sp³-hybridized carbons (Fsp3) is 0.348.